The average Bonchev–Trinajstić information content (AvgIpc) is 2.78. The van der Waals surface area contributed by atoms with Gasteiger partial charge in [0.1, 0.15) is 5.75 Å². The molecule has 2 rings (SSSR count). The van der Waals surface area contributed by atoms with E-state index < -0.39 is 0 Å². The first-order chi connectivity index (χ1) is 8.56. The van der Waals surface area contributed by atoms with Crippen LogP contribution < -0.4 is 0 Å². The Kier molecular flexibility index (Phi) is 4.14. The van der Waals surface area contributed by atoms with Crippen LogP contribution in [0, 0.1) is 0 Å². The quantitative estimate of drug-likeness (QED) is 0.927. The van der Waals surface area contributed by atoms with E-state index in [9.17, 15) is 5.11 Å². The molecule has 0 aliphatic rings. The van der Waals surface area contributed by atoms with Crippen molar-refractivity contribution in [2.75, 3.05) is 0 Å². The van der Waals surface area contributed by atoms with Crippen molar-refractivity contribution in [1.82, 2.24) is 10.1 Å². The maximum atomic E-state index is 9.43. The van der Waals surface area contributed by atoms with E-state index in [0.29, 0.717) is 33.3 Å². The van der Waals surface area contributed by atoms with Crippen molar-refractivity contribution in [3.63, 3.8) is 0 Å². The van der Waals surface area contributed by atoms with Crippen LogP contribution in [0.5, 0.6) is 5.75 Å². The second-order valence-electron chi connectivity index (χ2n) is 4.04. The zero-order valence-corrected chi connectivity index (χ0v) is 11.6. The molecule has 0 saturated carbocycles. The zero-order chi connectivity index (χ0) is 13.1. The van der Waals surface area contributed by atoms with Gasteiger partial charge in [-0.15, -0.1) is 0 Å². The molecule has 0 radical (unpaired) electrons. The summed E-state index contributed by atoms with van der Waals surface area (Å²) in [6.45, 7) is 4.22. The molecule has 0 atom stereocenters. The highest BCUT2D eigenvalue weighted by Gasteiger charge is 2.13. The van der Waals surface area contributed by atoms with Gasteiger partial charge in [0.05, 0.1) is 16.3 Å². The van der Waals surface area contributed by atoms with Gasteiger partial charge in [0.2, 0.25) is 0 Å². The summed E-state index contributed by atoms with van der Waals surface area (Å²) in [5.41, 5.74) is 0.546. The Morgan fingerprint density at radius 1 is 1.44 bits per heavy atom. The molecule has 0 unspecified atom stereocenters. The summed E-state index contributed by atoms with van der Waals surface area (Å²) in [5.74, 6) is 1.77. The molecule has 6 heteroatoms. The van der Waals surface area contributed by atoms with Gasteiger partial charge in [-0.3, -0.25) is 0 Å². The van der Waals surface area contributed by atoms with E-state index in [1.165, 1.54) is 12.1 Å². The van der Waals surface area contributed by atoms with Gasteiger partial charge in [-0.2, -0.15) is 16.7 Å². The number of hydrogen-bond donors (Lipinski definition) is 1. The Labute approximate surface area is 114 Å². The number of halogens is 1. The topological polar surface area (TPSA) is 59.2 Å². The van der Waals surface area contributed by atoms with Crippen LogP contribution in [-0.2, 0) is 5.75 Å². The van der Waals surface area contributed by atoms with Crippen molar-refractivity contribution in [1.29, 1.82) is 0 Å². The molecule has 96 valence electrons. The Balaban J connectivity index is 2.21. The smallest absolute Gasteiger partial charge is 0.259 e. The van der Waals surface area contributed by atoms with E-state index in [4.69, 9.17) is 16.1 Å². The van der Waals surface area contributed by atoms with E-state index >= 15 is 0 Å². The molecule has 1 N–H and O–H groups in total. The molecule has 0 saturated heterocycles. The fourth-order valence-electron chi connectivity index (χ4n) is 1.34. The Hall–Kier alpha value is -1.20. The van der Waals surface area contributed by atoms with Crippen molar-refractivity contribution >= 4 is 23.4 Å². The second kappa shape index (κ2) is 5.63. The first kappa shape index (κ1) is 13.2. The molecule has 0 fully saturated rings. The summed E-state index contributed by atoms with van der Waals surface area (Å²) in [6.07, 6.45) is 0. The lowest BCUT2D eigenvalue weighted by Crippen LogP contribution is -1.90. The Morgan fingerprint density at radius 2 is 2.22 bits per heavy atom. The van der Waals surface area contributed by atoms with Crippen molar-refractivity contribution in [2.45, 2.75) is 24.9 Å². The molecule has 0 amide bonds. The number of aromatic hydroxyl groups is 1. The zero-order valence-electron chi connectivity index (χ0n) is 10.1. The van der Waals surface area contributed by atoms with Crippen LogP contribution in [0.25, 0.3) is 11.5 Å². The van der Waals surface area contributed by atoms with Gasteiger partial charge in [0, 0.05) is 0 Å². The van der Waals surface area contributed by atoms with E-state index in [-0.39, 0.29) is 5.75 Å². The molecule has 1 aromatic heterocycles. The summed E-state index contributed by atoms with van der Waals surface area (Å²) in [6, 6.07) is 4.62. The fourth-order valence-corrected chi connectivity index (χ4v) is 2.14. The van der Waals surface area contributed by atoms with E-state index in [1.54, 1.807) is 17.8 Å². The monoisotopic (exact) mass is 284 g/mol. The normalized spacial score (nSPS) is 11.1. The molecule has 0 aliphatic heterocycles. The van der Waals surface area contributed by atoms with Gasteiger partial charge in [-0.05, 0) is 23.4 Å². The lowest BCUT2D eigenvalue weighted by molar-refractivity contribution is 0.424. The molecule has 4 nitrogen and oxygen atoms in total. The molecular weight excluding hydrogens is 272 g/mol. The lowest BCUT2D eigenvalue weighted by atomic mass is 10.2. The molecule has 1 heterocycles. The molecule has 2 aromatic rings. The highest BCUT2D eigenvalue weighted by molar-refractivity contribution is 7.99. The molecule has 0 spiro atoms. The predicted octanol–water partition coefficient (Wildman–Crippen LogP) is 3.74. The van der Waals surface area contributed by atoms with Gasteiger partial charge in [-0.25, -0.2) is 0 Å². The third-order valence-corrected chi connectivity index (χ3v) is 3.62. The van der Waals surface area contributed by atoms with E-state index in [0.717, 1.165) is 0 Å². The summed E-state index contributed by atoms with van der Waals surface area (Å²) in [5, 5.41) is 14.3. The minimum absolute atomic E-state index is 0.116. The maximum absolute atomic E-state index is 9.43. The number of nitrogens with zero attached hydrogens (tertiary/aromatic N) is 2. The van der Waals surface area contributed by atoms with Gasteiger partial charge < -0.3 is 9.63 Å². The van der Waals surface area contributed by atoms with Gasteiger partial charge in [0.15, 0.2) is 5.82 Å². The number of benzene rings is 1. The van der Waals surface area contributed by atoms with Crippen molar-refractivity contribution in [2.24, 2.45) is 0 Å². The first-order valence-corrected chi connectivity index (χ1v) is 6.92. The third-order valence-electron chi connectivity index (χ3n) is 2.19. The number of phenols is 1. The Bertz CT molecular complexity index is 543. The number of phenolic OH excluding ortho intramolecular Hbond substituents is 1. The number of aromatic nitrogens is 2. The average molecular weight is 285 g/mol. The maximum Gasteiger partial charge on any atom is 0.259 e. The predicted molar refractivity (Wildman–Crippen MR) is 72.8 cm³/mol. The van der Waals surface area contributed by atoms with Crippen molar-refractivity contribution in [3.05, 3.63) is 29.0 Å². The first-order valence-electron chi connectivity index (χ1n) is 5.49. The number of rotatable bonds is 4. The van der Waals surface area contributed by atoms with Crippen LogP contribution in [0.4, 0.5) is 0 Å². The SMILES string of the molecule is CC(C)SCc1noc(-c2cc(O)ccc2Cl)n1. The molecule has 0 aliphatic carbocycles. The minimum atomic E-state index is 0.116. The van der Waals surface area contributed by atoms with Gasteiger partial charge in [-0.1, -0.05) is 30.6 Å². The summed E-state index contributed by atoms with van der Waals surface area (Å²) < 4.78 is 5.15. The molecule has 18 heavy (non-hydrogen) atoms. The van der Waals surface area contributed by atoms with Crippen LogP contribution in [0.1, 0.15) is 19.7 Å². The van der Waals surface area contributed by atoms with Crippen LogP contribution in [-0.4, -0.2) is 20.5 Å². The van der Waals surface area contributed by atoms with Crippen molar-refractivity contribution in [3.8, 4) is 17.2 Å². The largest absolute Gasteiger partial charge is 0.508 e. The molecule has 1 aromatic carbocycles. The molecule has 0 bridgehead atoms. The number of hydrogen-bond acceptors (Lipinski definition) is 5. The highest BCUT2D eigenvalue weighted by Crippen LogP contribution is 2.30. The fraction of sp³-hybridized carbons (Fsp3) is 0.333. The van der Waals surface area contributed by atoms with Crippen LogP contribution in [0.15, 0.2) is 22.7 Å². The standard InChI is InChI=1S/C12H13ClN2O2S/c1-7(2)18-6-11-14-12(17-15-11)9-5-8(16)3-4-10(9)13/h3-5,7,16H,6H2,1-2H3. The second-order valence-corrected chi connectivity index (χ2v) is 6.01. The van der Waals surface area contributed by atoms with Gasteiger partial charge in [0.25, 0.3) is 5.89 Å². The van der Waals surface area contributed by atoms with E-state index in [2.05, 4.69) is 24.0 Å². The van der Waals surface area contributed by atoms with Crippen molar-refractivity contribution < 1.29 is 9.63 Å². The summed E-state index contributed by atoms with van der Waals surface area (Å²) in [7, 11) is 0. The van der Waals surface area contributed by atoms with Crippen LogP contribution >= 0.6 is 23.4 Å². The minimum Gasteiger partial charge on any atom is -0.508 e. The van der Waals surface area contributed by atoms with E-state index in [1.807, 2.05) is 0 Å². The molecular formula is C12H13ClN2O2S. The third kappa shape index (κ3) is 3.17. The summed E-state index contributed by atoms with van der Waals surface area (Å²) >= 11 is 7.76. The highest BCUT2D eigenvalue weighted by atomic mass is 35.5. The van der Waals surface area contributed by atoms with Crippen LogP contribution in [0.3, 0.4) is 0 Å². The number of thioether (sulfide) groups is 1. The Morgan fingerprint density at radius 3 is 2.94 bits per heavy atom. The van der Waals surface area contributed by atoms with Crippen LogP contribution in [0.2, 0.25) is 5.02 Å². The lowest BCUT2D eigenvalue weighted by Gasteiger charge is -2.00. The summed E-state index contributed by atoms with van der Waals surface area (Å²) in [4.78, 5) is 4.26. The van der Waals surface area contributed by atoms with Gasteiger partial charge >= 0.3 is 0 Å².